The first kappa shape index (κ1) is 12.1. The van der Waals surface area contributed by atoms with E-state index in [1.807, 2.05) is 6.07 Å². The highest BCUT2D eigenvalue weighted by molar-refractivity contribution is 14.1. The molecule has 1 aromatic heterocycles. The van der Waals surface area contributed by atoms with Crippen LogP contribution in [-0.2, 0) is 0 Å². The van der Waals surface area contributed by atoms with Gasteiger partial charge in [-0.3, -0.25) is 5.43 Å². The quantitative estimate of drug-likeness (QED) is 0.446. The molecule has 5 nitrogen and oxygen atoms in total. The van der Waals surface area contributed by atoms with Crippen molar-refractivity contribution in [3.8, 4) is 5.75 Å². The Morgan fingerprint density at radius 1 is 1.53 bits per heavy atom. The molecule has 0 radical (unpaired) electrons. The van der Waals surface area contributed by atoms with Crippen LogP contribution >= 0.6 is 33.9 Å². The minimum Gasteiger partial charge on any atom is -0.508 e. The van der Waals surface area contributed by atoms with E-state index in [0.717, 1.165) is 9.13 Å². The molecule has 88 valence electrons. The molecule has 1 heterocycles. The molecule has 0 unspecified atom stereocenters. The zero-order valence-corrected chi connectivity index (χ0v) is 11.6. The third-order valence-electron chi connectivity index (χ3n) is 1.87. The SMILES string of the molecule is Nc1csc(NN=Cc2cc(O)ccc2I)n1. The van der Waals surface area contributed by atoms with Crippen LogP contribution in [0.1, 0.15) is 5.56 Å². The first-order valence-corrected chi connectivity index (χ1v) is 6.59. The maximum atomic E-state index is 9.34. The van der Waals surface area contributed by atoms with Crippen molar-refractivity contribution in [2.75, 3.05) is 11.2 Å². The number of phenols is 1. The van der Waals surface area contributed by atoms with Gasteiger partial charge in [-0.05, 0) is 40.8 Å². The Bertz CT molecular complexity index is 555. The molecule has 4 N–H and O–H groups in total. The summed E-state index contributed by atoms with van der Waals surface area (Å²) in [5.41, 5.74) is 9.09. The van der Waals surface area contributed by atoms with Crippen molar-refractivity contribution in [1.29, 1.82) is 0 Å². The van der Waals surface area contributed by atoms with Gasteiger partial charge in [0.15, 0.2) is 0 Å². The second-order valence-corrected chi connectivity index (χ2v) is 5.17. The van der Waals surface area contributed by atoms with Gasteiger partial charge >= 0.3 is 0 Å². The summed E-state index contributed by atoms with van der Waals surface area (Å²) in [6.45, 7) is 0. The molecule has 0 aliphatic carbocycles. The van der Waals surface area contributed by atoms with Crippen molar-refractivity contribution in [3.63, 3.8) is 0 Å². The first-order chi connectivity index (χ1) is 8.15. The number of nitrogens with zero attached hydrogens (tertiary/aromatic N) is 2. The van der Waals surface area contributed by atoms with Crippen molar-refractivity contribution >= 4 is 51.1 Å². The lowest BCUT2D eigenvalue weighted by atomic mass is 10.2. The van der Waals surface area contributed by atoms with Gasteiger partial charge in [-0.1, -0.05) is 0 Å². The predicted octanol–water partition coefficient (Wildman–Crippen LogP) is 2.48. The highest BCUT2D eigenvalue weighted by atomic mass is 127. The van der Waals surface area contributed by atoms with Gasteiger partial charge in [-0.25, -0.2) is 4.98 Å². The van der Waals surface area contributed by atoms with Crippen LogP contribution in [-0.4, -0.2) is 16.3 Å². The lowest BCUT2D eigenvalue weighted by Gasteiger charge is -1.99. The van der Waals surface area contributed by atoms with E-state index in [1.165, 1.54) is 11.3 Å². The second kappa shape index (κ2) is 5.32. The minimum atomic E-state index is 0.213. The summed E-state index contributed by atoms with van der Waals surface area (Å²) in [6.07, 6.45) is 1.62. The number of hydrogen-bond acceptors (Lipinski definition) is 6. The smallest absolute Gasteiger partial charge is 0.205 e. The molecule has 1 aromatic carbocycles. The van der Waals surface area contributed by atoms with Crippen LogP contribution in [0.3, 0.4) is 0 Å². The van der Waals surface area contributed by atoms with Crippen molar-refractivity contribution in [2.45, 2.75) is 0 Å². The number of thiazole rings is 1. The molecule has 0 bridgehead atoms. The number of rotatable bonds is 3. The summed E-state index contributed by atoms with van der Waals surface area (Å²) in [4.78, 5) is 4.00. The van der Waals surface area contributed by atoms with Crippen molar-refractivity contribution in [3.05, 3.63) is 32.7 Å². The third kappa shape index (κ3) is 3.30. The van der Waals surface area contributed by atoms with Gasteiger partial charge in [0.2, 0.25) is 5.13 Å². The van der Waals surface area contributed by atoms with E-state index in [-0.39, 0.29) is 5.75 Å². The van der Waals surface area contributed by atoms with Crippen LogP contribution in [0.2, 0.25) is 0 Å². The second-order valence-electron chi connectivity index (χ2n) is 3.15. The van der Waals surface area contributed by atoms with Crippen LogP contribution < -0.4 is 11.2 Å². The summed E-state index contributed by atoms with van der Waals surface area (Å²) >= 11 is 3.55. The standard InChI is InChI=1S/C10H9IN4OS/c11-8-2-1-7(16)3-6(8)4-13-15-10-14-9(12)5-17-10/h1-5,16H,12H2,(H,14,15). The third-order valence-corrected chi connectivity index (χ3v) is 3.61. The van der Waals surface area contributed by atoms with Crippen molar-refractivity contribution in [1.82, 2.24) is 4.98 Å². The number of nitrogens with two attached hydrogens (primary N) is 1. The Balaban J connectivity index is 2.07. The molecule has 2 aromatic rings. The summed E-state index contributed by atoms with van der Waals surface area (Å²) in [5.74, 6) is 0.685. The molecule has 0 fully saturated rings. The van der Waals surface area contributed by atoms with E-state index in [0.29, 0.717) is 10.9 Å². The number of nitrogen functional groups attached to an aromatic ring is 1. The molecule has 0 amide bonds. The molecular weight excluding hydrogens is 351 g/mol. The van der Waals surface area contributed by atoms with Crippen molar-refractivity contribution < 1.29 is 5.11 Å². The first-order valence-electron chi connectivity index (χ1n) is 4.64. The molecule has 0 saturated heterocycles. The normalized spacial score (nSPS) is 10.9. The number of hydrogen-bond donors (Lipinski definition) is 3. The van der Waals surface area contributed by atoms with E-state index in [1.54, 1.807) is 23.7 Å². The van der Waals surface area contributed by atoms with Gasteiger partial charge < -0.3 is 10.8 Å². The van der Waals surface area contributed by atoms with Gasteiger partial charge in [0.25, 0.3) is 0 Å². The van der Waals surface area contributed by atoms with E-state index in [4.69, 9.17) is 5.73 Å². The Labute approximate surface area is 116 Å². The number of hydrazone groups is 1. The molecule has 7 heteroatoms. The van der Waals surface area contributed by atoms with Gasteiger partial charge in [0.05, 0.1) is 6.21 Å². The van der Waals surface area contributed by atoms with E-state index >= 15 is 0 Å². The van der Waals surface area contributed by atoms with Crippen LogP contribution in [0.5, 0.6) is 5.75 Å². The lowest BCUT2D eigenvalue weighted by Crippen LogP contribution is -1.92. The number of phenolic OH excluding ortho intramolecular Hbond substituents is 1. The van der Waals surface area contributed by atoms with Gasteiger partial charge in [-0.15, -0.1) is 11.3 Å². The van der Waals surface area contributed by atoms with Gasteiger partial charge in [0.1, 0.15) is 11.6 Å². The van der Waals surface area contributed by atoms with Crippen molar-refractivity contribution in [2.24, 2.45) is 5.10 Å². The summed E-state index contributed by atoms with van der Waals surface area (Å²) < 4.78 is 1.00. The Kier molecular flexibility index (Phi) is 3.79. The molecule has 0 aliphatic rings. The van der Waals surface area contributed by atoms with Crippen LogP contribution in [0.15, 0.2) is 28.7 Å². The van der Waals surface area contributed by atoms with Crippen LogP contribution in [0, 0.1) is 3.57 Å². The Morgan fingerprint density at radius 2 is 2.35 bits per heavy atom. The highest BCUT2D eigenvalue weighted by Crippen LogP contribution is 2.18. The number of halogens is 1. The Morgan fingerprint density at radius 3 is 3.06 bits per heavy atom. The molecule has 0 aliphatic heterocycles. The average molecular weight is 360 g/mol. The molecular formula is C10H9IN4OS. The van der Waals surface area contributed by atoms with E-state index in [2.05, 4.69) is 38.1 Å². The molecule has 2 rings (SSSR count). The molecule has 17 heavy (non-hydrogen) atoms. The summed E-state index contributed by atoms with van der Waals surface area (Å²) in [7, 11) is 0. The fourth-order valence-corrected chi connectivity index (χ4v) is 2.15. The van der Waals surface area contributed by atoms with Crippen LogP contribution in [0.4, 0.5) is 10.9 Å². The molecule has 0 spiro atoms. The maximum Gasteiger partial charge on any atom is 0.205 e. The number of aromatic nitrogens is 1. The zero-order chi connectivity index (χ0) is 12.3. The number of aromatic hydroxyl groups is 1. The maximum absolute atomic E-state index is 9.34. The van der Waals surface area contributed by atoms with Gasteiger partial charge in [-0.2, -0.15) is 5.10 Å². The summed E-state index contributed by atoms with van der Waals surface area (Å²) in [6, 6.07) is 5.09. The minimum absolute atomic E-state index is 0.213. The van der Waals surface area contributed by atoms with E-state index < -0.39 is 0 Å². The average Bonchev–Trinajstić information content (AvgIpc) is 2.69. The van der Waals surface area contributed by atoms with Gasteiger partial charge in [0, 0.05) is 14.5 Å². The fraction of sp³-hybridized carbons (Fsp3) is 0. The lowest BCUT2D eigenvalue weighted by molar-refractivity contribution is 0.475. The number of nitrogens with one attached hydrogen (secondary N) is 1. The molecule has 0 saturated carbocycles. The van der Waals surface area contributed by atoms with Crippen LogP contribution in [0.25, 0.3) is 0 Å². The predicted molar refractivity (Wildman–Crippen MR) is 78.6 cm³/mol. The largest absolute Gasteiger partial charge is 0.508 e. The number of anilines is 2. The number of benzene rings is 1. The molecule has 0 atom stereocenters. The zero-order valence-electron chi connectivity index (χ0n) is 8.59. The summed E-state index contributed by atoms with van der Waals surface area (Å²) in [5, 5.41) is 15.7. The Hall–Kier alpha value is -1.35. The highest BCUT2D eigenvalue weighted by Gasteiger charge is 1.99. The monoisotopic (exact) mass is 360 g/mol. The fourth-order valence-electron chi connectivity index (χ4n) is 1.12. The topological polar surface area (TPSA) is 83.5 Å². The van der Waals surface area contributed by atoms with E-state index in [9.17, 15) is 5.11 Å².